The van der Waals surface area contributed by atoms with Gasteiger partial charge in [0.2, 0.25) is 0 Å². The molecule has 96 valence electrons. The third-order valence-corrected chi connectivity index (χ3v) is 2.96. The Morgan fingerprint density at radius 1 is 1.44 bits per heavy atom. The van der Waals surface area contributed by atoms with Crippen LogP contribution in [0.15, 0.2) is 18.2 Å². The number of nitrogens with zero attached hydrogens (tertiary/aromatic N) is 3. The smallest absolute Gasteiger partial charge is 0.141 e. The van der Waals surface area contributed by atoms with E-state index in [1.54, 1.807) is 10.7 Å². The van der Waals surface area contributed by atoms with Crippen LogP contribution in [0.5, 0.6) is 0 Å². The highest BCUT2D eigenvalue weighted by Gasteiger charge is 2.16. The van der Waals surface area contributed by atoms with E-state index in [4.69, 9.17) is 17.3 Å². The molecule has 6 heteroatoms. The minimum Gasteiger partial charge on any atom is -0.325 e. The van der Waals surface area contributed by atoms with E-state index in [-0.39, 0.29) is 10.9 Å². The Hall–Kier alpha value is -1.46. The van der Waals surface area contributed by atoms with Crippen LogP contribution < -0.4 is 5.73 Å². The van der Waals surface area contributed by atoms with E-state index in [2.05, 4.69) is 10.3 Å². The lowest BCUT2D eigenvalue weighted by Gasteiger charge is -2.10. The van der Waals surface area contributed by atoms with E-state index in [0.29, 0.717) is 12.2 Å². The normalized spacial score (nSPS) is 11.2. The molecule has 0 radical (unpaired) electrons. The Morgan fingerprint density at radius 3 is 2.72 bits per heavy atom. The molecule has 18 heavy (non-hydrogen) atoms. The quantitative estimate of drug-likeness (QED) is 0.931. The summed E-state index contributed by atoms with van der Waals surface area (Å²) in [5.41, 5.74) is 7.97. The molecule has 0 bridgehead atoms. The number of hydrogen-bond donors (Lipinski definition) is 1. The van der Waals surface area contributed by atoms with Crippen LogP contribution in [0.3, 0.4) is 0 Å². The lowest BCUT2D eigenvalue weighted by Crippen LogP contribution is -2.07. The van der Waals surface area contributed by atoms with Crippen molar-refractivity contribution < 1.29 is 4.39 Å². The van der Waals surface area contributed by atoms with E-state index >= 15 is 0 Å². The SMILES string of the molecule is CC(C)c1c(CN)nnn1-c1ccc(F)c(Cl)c1. The van der Waals surface area contributed by atoms with Crippen LogP contribution in [-0.2, 0) is 6.54 Å². The van der Waals surface area contributed by atoms with Crippen LogP contribution in [0, 0.1) is 5.82 Å². The first kappa shape index (κ1) is 13.0. The van der Waals surface area contributed by atoms with Gasteiger partial charge in [0.05, 0.1) is 16.4 Å². The van der Waals surface area contributed by atoms with Gasteiger partial charge < -0.3 is 5.73 Å². The summed E-state index contributed by atoms with van der Waals surface area (Å²) in [5.74, 6) is -0.243. The molecule has 2 aromatic rings. The van der Waals surface area contributed by atoms with Crippen molar-refractivity contribution in [3.05, 3.63) is 40.4 Å². The topological polar surface area (TPSA) is 56.7 Å². The standard InChI is InChI=1S/C12H14ClFN4/c1-7(2)12-11(6-15)16-17-18(12)8-3-4-10(14)9(13)5-8/h3-5,7H,6,15H2,1-2H3. The molecule has 0 atom stereocenters. The molecule has 0 amide bonds. The average Bonchev–Trinajstić information content (AvgIpc) is 2.76. The summed E-state index contributed by atoms with van der Waals surface area (Å²) in [6, 6.07) is 4.45. The van der Waals surface area contributed by atoms with Gasteiger partial charge in [0.1, 0.15) is 11.5 Å². The average molecular weight is 269 g/mol. The second kappa shape index (κ2) is 5.04. The molecule has 0 aliphatic rings. The monoisotopic (exact) mass is 268 g/mol. The first-order chi connectivity index (χ1) is 8.54. The molecule has 1 aromatic carbocycles. The fourth-order valence-corrected chi connectivity index (χ4v) is 2.03. The van der Waals surface area contributed by atoms with Gasteiger partial charge in [0.15, 0.2) is 0 Å². The van der Waals surface area contributed by atoms with Crippen LogP contribution in [0.25, 0.3) is 5.69 Å². The molecule has 0 unspecified atom stereocenters. The second-order valence-corrected chi connectivity index (χ2v) is 4.70. The van der Waals surface area contributed by atoms with Gasteiger partial charge in [-0.3, -0.25) is 0 Å². The zero-order valence-electron chi connectivity index (χ0n) is 10.2. The highest BCUT2D eigenvalue weighted by Crippen LogP contribution is 2.24. The predicted octanol–water partition coefficient (Wildman–Crippen LogP) is 2.64. The molecule has 0 aliphatic carbocycles. The Balaban J connectivity index is 2.56. The molecule has 1 aromatic heterocycles. The molecular formula is C12H14ClFN4. The number of aromatic nitrogens is 3. The first-order valence-corrected chi connectivity index (χ1v) is 6.02. The third-order valence-electron chi connectivity index (χ3n) is 2.67. The largest absolute Gasteiger partial charge is 0.325 e. The Bertz CT molecular complexity index is 565. The zero-order valence-corrected chi connectivity index (χ0v) is 10.9. The number of rotatable bonds is 3. The fraction of sp³-hybridized carbons (Fsp3) is 0.333. The molecule has 0 spiro atoms. The maximum atomic E-state index is 13.1. The van der Waals surface area contributed by atoms with Crippen LogP contribution in [-0.4, -0.2) is 15.0 Å². The number of nitrogens with two attached hydrogens (primary N) is 1. The van der Waals surface area contributed by atoms with Crippen LogP contribution >= 0.6 is 11.6 Å². The van der Waals surface area contributed by atoms with Gasteiger partial charge in [-0.25, -0.2) is 9.07 Å². The van der Waals surface area contributed by atoms with Gasteiger partial charge in [-0.15, -0.1) is 5.10 Å². The highest BCUT2D eigenvalue weighted by atomic mass is 35.5. The molecule has 1 heterocycles. The van der Waals surface area contributed by atoms with Crippen molar-refractivity contribution in [3.63, 3.8) is 0 Å². The summed E-state index contributed by atoms with van der Waals surface area (Å²) in [7, 11) is 0. The van der Waals surface area contributed by atoms with Crippen molar-refractivity contribution in [2.45, 2.75) is 26.3 Å². The summed E-state index contributed by atoms with van der Waals surface area (Å²) in [6.07, 6.45) is 0. The minimum atomic E-state index is -0.453. The van der Waals surface area contributed by atoms with E-state index in [9.17, 15) is 4.39 Å². The summed E-state index contributed by atoms with van der Waals surface area (Å²) in [5, 5.41) is 8.15. The summed E-state index contributed by atoms with van der Waals surface area (Å²) >= 11 is 5.78. The van der Waals surface area contributed by atoms with Gasteiger partial charge in [0.25, 0.3) is 0 Å². The molecule has 0 saturated heterocycles. The maximum absolute atomic E-state index is 13.1. The Kier molecular flexibility index (Phi) is 3.63. The third kappa shape index (κ3) is 2.23. The molecule has 0 fully saturated rings. The van der Waals surface area contributed by atoms with E-state index in [1.807, 2.05) is 13.8 Å². The lowest BCUT2D eigenvalue weighted by atomic mass is 10.1. The van der Waals surface area contributed by atoms with Gasteiger partial charge in [0, 0.05) is 6.54 Å². The lowest BCUT2D eigenvalue weighted by molar-refractivity contribution is 0.626. The minimum absolute atomic E-state index is 0.0620. The fourth-order valence-electron chi connectivity index (χ4n) is 1.85. The van der Waals surface area contributed by atoms with E-state index in [1.165, 1.54) is 12.1 Å². The first-order valence-electron chi connectivity index (χ1n) is 5.64. The molecule has 2 N–H and O–H groups in total. The van der Waals surface area contributed by atoms with Crippen LogP contribution in [0.2, 0.25) is 5.02 Å². The van der Waals surface area contributed by atoms with Crippen LogP contribution in [0.1, 0.15) is 31.2 Å². The van der Waals surface area contributed by atoms with Crippen molar-refractivity contribution in [2.75, 3.05) is 0 Å². The molecule has 2 rings (SSSR count). The molecule has 0 aliphatic heterocycles. The van der Waals surface area contributed by atoms with E-state index < -0.39 is 5.82 Å². The van der Waals surface area contributed by atoms with Crippen molar-refractivity contribution in [1.29, 1.82) is 0 Å². The number of benzene rings is 1. The summed E-state index contributed by atoms with van der Waals surface area (Å²) in [6.45, 7) is 4.38. The van der Waals surface area contributed by atoms with Crippen LogP contribution in [0.4, 0.5) is 4.39 Å². The molecule has 0 saturated carbocycles. The van der Waals surface area contributed by atoms with Gasteiger partial charge >= 0.3 is 0 Å². The summed E-state index contributed by atoms with van der Waals surface area (Å²) in [4.78, 5) is 0. The van der Waals surface area contributed by atoms with Crippen molar-refractivity contribution in [3.8, 4) is 5.69 Å². The predicted molar refractivity (Wildman–Crippen MR) is 68.3 cm³/mol. The molecule has 4 nitrogen and oxygen atoms in total. The number of hydrogen-bond acceptors (Lipinski definition) is 3. The maximum Gasteiger partial charge on any atom is 0.141 e. The number of halogens is 2. The zero-order chi connectivity index (χ0) is 13.3. The summed E-state index contributed by atoms with van der Waals surface area (Å²) < 4.78 is 14.8. The van der Waals surface area contributed by atoms with Gasteiger partial charge in [-0.05, 0) is 24.1 Å². The van der Waals surface area contributed by atoms with Gasteiger partial charge in [-0.1, -0.05) is 30.7 Å². The Morgan fingerprint density at radius 2 is 2.17 bits per heavy atom. The van der Waals surface area contributed by atoms with Crippen molar-refractivity contribution in [2.24, 2.45) is 5.73 Å². The van der Waals surface area contributed by atoms with Gasteiger partial charge in [-0.2, -0.15) is 0 Å². The molecular weight excluding hydrogens is 255 g/mol. The highest BCUT2D eigenvalue weighted by molar-refractivity contribution is 6.30. The Labute approximate surface area is 110 Å². The van der Waals surface area contributed by atoms with E-state index in [0.717, 1.165) is 11.4 Å². The van der Waals surface area contributed by atoms with Crippen molar-refractivity contribution >= 4 is 11.6 Å². The van der Waals surface area contributed by atoms with Crippen molar-refractivity contribution in [1.82, 2.24) is 15.0 Å². The second-order valence-electron chi connectivity index (χ2n) is 4.29.